The maximum absolute atomic E-state index is 13.8. The molecule has 2 aliphatic heterocycles. The van der Waals surface area contributed by atoms with E-state index in [4.69, 9.17) is 14.7 Å². The molecule has 1 unspecified atom stereocenters. The number of piperidine rings is 2. The Labute approximate surface area is 350 Å². The van der Waals surface area contributed by atoms with Crippen LogP contribution in [0.25, 0.3) is 44.4 Å². The minimum Gasteiger partial charge on any atom is -0.465 e. The van der Waals surface area contributed by atoms with Crippen molar-refractivity contribution in [2.24, 2.45) is 11.8 Å². The third-order valence-electron chi connectivity index (χ3n) is 12.1. The molecule has 4 N–H and O–H groups in total. The number of hydrogen-bond acceptors (Lipinski definition) is 7. The highest BCUT2D eigenvalue weighted by Crippen LogP contribution is 2.35. The Morgan fingerprint density at radius 2 is 1.22 bits per heavy atom. The van der Waals surface area contributed by atoms with Crippen molar-refractivity contribution in [3.8, 4) is 33.6 Å². The standard InChI is InChI=1S/C46H56N8O6/c1-27(2)39(51-45(57)60-6)43(55)53-21-9-7-11-37(53)41-48-26-36(50-41)34-20-19-32-23-31(17-18-33(32)24-34)29-13-15-30(16-14-29)35-25-47-42(49-35)38-12-8-10-22-54(38)44(56)40(28(3)4)52(5)46(58)59/h13-20,23-28,37-40H,7-12,21-22H2,1-6H3,(H,47,49)(H,48,50)(H,51,57)(H,58,59)/t37?,38-,39-,40-/m0/s1. The summed E-state index contributed by atoms with van der Waals surface area (Å²) in [6.45, 7) is 8.72. The lowest BCUT2D eigenvalue weighted by Crippen LogP contribution is -2.53. The number of imidazole rings is 2. The molecule has 4 amide bonds. The Morgan fingerprint density at radius 1 is 0.717 bits per heavy atom. The van der Waals surface area contributed by atoms with Crippen LogP contribution in [0.5, 0.6) is 0 Å². The van der Waals surface area contributed by atoms with Crippen molar-refractivity contribution in [1.82, 2.24) is 40.0 Å². The summed E-state index contributed by atoms with van der Waals surface area (Å²) in [5.41, 5.74) is 5.84. The van der Waals surface area contributed by atoms with Gasteiger partial charge in [0, 0.05) is 25.7 Å². The van der Waals surface area contributed by atoms with Gasteiger partial charge in [-0.25, -0.2) is 19.6 Å². The second-order valence-corrected chi connectivity index (χ2v) is 16.7. The fourth-order valence-corrected chi connectivity index (χ4v) is 8.76. The molecule has 2 saturated heterocycles. The molecule has 14 nitrogen and oxygen atoms in total. The highest BCUT2D eigenvalue weighted by Gasteiger charge is 2.39. The lowest BCUT2D eigenvalue weighted by molar-refractivity contribution is -0.141. The van der Waals surface area contributed by atoms with Crippen LogP contribution in [0.15, 0.2) is 73.1 Å². The number of hydrogen-bond donors (Lipinski definition) is 4. The van der Waals surface area contributed by atoms with Crippen molar-refractivity contribution in [1.29, 1.82) is 0 Å². The van der Waals surface area contributed by atoms with Crippen LogP contribution in [0.4, 0.5) is 9.59 Å². The molecule has 4 atom stereocenters. The van der Waals surface area contributed by atoms with Crippen LogP contribution >= 0.6 is 0 Å². The van der Waals surface area contributed by atoms with Crippen LogP contribution in [-0.2, 0) is 14.3 Å². The van der Waals surface area contributed by atoms with Crippen molar-refractivity contribution in [3.05, 3.63) is 84.7 Å². The monoisotopic (exact) mass is 816 g/mol. The molecule has 4 heterocycles. The molecule has 2 aliphatic rings. The van der Waals surface area contributed by atoms with Crippen LogP contribution in [-0.4, -0.2) is 103 Å². The van der Waals surface area contributed by atoms with E-state index in [1.54, 1.807) is 11.1 Å². The van der Waals surface area contributed by atoms with Gasteiger partial charge in [-0.05, 0) is 90.0 Å². The molecule has 316 valence electrons. The molecule has 2 fully saturated rings. The number of likely N-dealkylation sites (N-methyl/N-ethyl adjacent to an activating group) is 1. The molecule has 2 aromatic heterocycles. The van der Waals surface area contributed by atoms with E-state index in [0.717, 1.165) is 93.7 Å². The molecule has 0 radical (unpaired) electrons. The largest absolute Gasteiger partial charge is 0.465 e. The number of methoxy groups -OCH3 is 1. The lowest BCUT2D eigenvalue weighted by atomic mass is 9.96. The molecule has 14 heteroatoms. The van der Waals surface area contributed by atoms with Gasteiger partial charge < -0.3 is 34.9 Å². The number of likely N-dealkylation sites (tertiary alicyclic amines) is 2. The smallest absolute Gasteiger partial charge is 0.407 e. The van der Waals surface area contributed by atoms with E-state index in [-0.39, 0.29) is 35.7 Å². The van der Waals surface area contributed by atoms with Crippen molar-refractivity contribution in [2.45, 2.75) is 90.4 Å². The predicted octanol–water partition coefficient (Wildman–Crippen LogP) is 8.41. The first kappa shape index (κ1) is 42.0. The SMILES string of the molecule is COC(=O)N[C@H](C(=O)N1CCCCC1c1ncc(-c2ccc3cc(-c4ccc(-c5cnc([C@@H]6CCCCN6C(=O)[C@H](C(C)C)N(C)C(=O)O)[nH]5)cc4)ccc3c2)[nH]1)C(C)C. The Bertz CT molecular complexity index is 2330. The number of ether oxygens (including phenoxy) is 1. The van der Waals surface area contributed by atoms with Crippen LogP contribution in [0.3, 0.4) is 0 Å². The topological polar surface area (TPSA) is 177 Å². The normalized spacial score (nSPS) is 18.1. The van der Waals surface area contributed by atoms with Crippen LogP contribution in [0.2, 0.25) is 0 Å². The van der Waals surface area contributed by atoms with E-state index < -0.39 is 24.3 Å². The van der Waals surface area contributed by atoms with E-state index in [9.17, 15) is 24.3 Å². The van der Waals surface area contributed by atoms with Crippen molar-refractivity contribution in [2.75, 3.05) is 27.2 Å². The summed E-state index contributed by atoms with van der Waals surface area (Å²) in [6.07, 6.45) is 7.11. The molecule has 7 rings (SSSR count). The van der Waals surface area contributed by atoms with E-state index in [1.165, 1.54) is 14.2 Å². The number of carbonyl (C=O) groups excluding carboxylic acids is 3. The van der Waals surface area contributed by atoms with E-state index in [2.05, 4.69) is 75.9 Å². The fourth-order valence-electron chi connectivity index (χ4n) is 8.76. The quantitative estimate of drug-likeness (QED) is 0.103. The zero-order valence-corrected chi connectivity index (χ0v) is 35.3. The number of nitrogens with zero attached hydrogens (tertiary/aromatic N) is 5. The summed E-state index contributed by atoms with van der Waals surface area (Å²) in [5.74, 6) is 0.832. The van der Waals surface area contributed by atoms with Gasteiger partial charge in [-0.1, -0.05) is 76.2 Å². The molecule has 0 bridgehead atoms. The lowest BCUT2D eigenvalue weighted by Gasteiger charge is -2.39. The van der Waals surface area contributed by atoms with E-state index in [0.29, 0.717) is 18.9 Å². The number of carboxylic acid groups (broad SMARTS) is 1. The van der Waals surface area contributed by atoms with Crippen molar-refractivity contribution in [3.63, 3.8) is 0 Å². The molecule has 5 aromatic rings. The predicted molar refractivity (Wildman–Crippen MR) is 230 cm³/mol. The number of benzene rings is 3. The maximum Gasteiger partial charge on any atom is 0.407 e. The third kappa shape index (κ3) is 8.73. The molecular weight excluding hydrogens is 761 g/mol. The zero-order chi connectivity index (χ0) is 42.7. The van der Waals surface area contributed by atoms with E-state index >= 15 is 0 Å². The number of aromatic nitrogens is 4. The first-order chi connectivity index (χ1) is 28.8. The van der Waals surface area contributed by atoms with Gasteiger partial charge in [-0.15, -0.1) is 0 Å². The van der Waals surface area contributed by atoms with Gasteiger partial charge in [-0.3, -0.25) is 14.5 Å². The van der Waals surface area contributed by atoms with Crippen molar-refractivity contribution >= 4 is 34.8 Å². The molecule has 0 aliphatic carbocycles. The number of nitrogens with one attached hydrogen (secondary N) is 3. The average Bonchev–Trinajstić information content (AvgIpc) is 3.96. The molecular formula is C46H56N8O6. The average molecular weight is 817 g/mol. The first-order valence-electron chi connectivity index (χ1n) is 21.0. The minimum absolute atomic E-state index is 0.111. The highest BCUT2D eigenvalue weighted by atomic mass is 16.5. The second-order valence-electron chi connectivity index (χ2n) is 16.7. The van der Waals surface area contributed by atoms with Gasteiger partial charge in [0.25, 0.3) is 0 Å². The zero-order valence-electron chi connectivity index (χ0n) is 35.3. The summed E-state index contributed by atoms with van der Waals surface area (Å²) in [7, 11) is 2.76. The number of fused-ring (bicyclic) bond motifs is 1. The third-order valence-corrected chi connectivity index (χ3v) is 12.1. The number of H-pyrrole nitrogens is 2. The van der Waals surface area contributed by atoms with Crippen LogP contribution in [0, 0.1) is 11.8 Å². The Hall–Kier alpha value is -6.18. The maximum atomic E-state index is 13.8. The molecule has 0 saturated carbocycles. The minimum atomic E-state index is -1.12. The number of carbonyl (C=O) groups is 4. The first-order valence-corrected chi connectivity index (χ1v) is 21.0. The number of aromatic amines is 2. The van der Waals surface area contributed by atoms with Crippen LogP contribution < -0.4 is 5.32 Å². The highest BCUT2D eigenvalue weighted by molar-refractivity contribution is 5.91. The summed E-state index contributed by atoms with van der Waals surface area (Å²) in [6, 6.07) is 19.1. The molecule has 60 heavy (non-hydrogen) atoms. The summed E-state index contributed by atoms with van der Waals surface area (Å²) in [5, 5.41) is 14.6. The van der Waals surface area contributed by atoms with Gasteiger partial charge in [0.05, 0.1) is 43.0 Å². The van der Waals surface area contributed by atoms with Gasteiger partial charge in [0.1, 0.15) is 23.7 Å². The van der Waals surface area contributed by atoms with Gasteiger partial charge in [0.2, 0.25) is 11.8 Å². The summed E-state index contributed by atoms with van der Waals surface area (Å²) < 4.78 is 4.79. The van der Waals surface area contributed by atoms with Gasteiger partial charge in [-0.2, -0.15) is 0 Å². The van der Waals surface area contributed by atoms with Gasteiger partial charge >= 0.3 is 12.2 Å². The number of alkyl carbamates (subject to hydrolysis) is 1. The Morgan fingerprint density at radius 3 is 1.75 bits per heavy atom. The summed E-state index contributed by atoms with van der Waals surface area (Å²) in [4.78, 5) is 72.6. The van der Waals surface area contributed by atoms with Crippen molar-refractivity contribution < 1.29 is 29.0 Å². The molecule has 0 spiro atoms. The second kappa shape index (κ2) is 18.0. The van der Waals surface area contributed by atoms with Gasteiger partial charge in [0.15, 0.2) is 0 Å². The number of rotatable bonds is 11. The molecule has 3 aromatic carbocycles. The Balaban J connectivity index is 1.04. The van der Waals surface area contributed by atoms with E-state index in [1.807, 2.05) is 38.8 Å². The summed E-state index contributed by atoms with van der Waals surface area (Å²) >= 11 is 0. The van der Waals surface area contributed by atoms with Crippen LogP contribution in [0.1, 0.15) is 90.0 Å². The Kier molecular flexibility index (Phi) is 12.6. The fraction of sp³-hybridized carbons (Fsp3) is 0.435. The number of amides is 4.